The highest BCUT2D eigenvalue weighted by molar-refractivity contribution is 7.26. The Morgan fingerprint density at radius 2 is 1.88 bits per heavy atom. The minimum absolute atomic E-state index is 0.224. The number of morpholine rings is 1. The Kier molecular flexibility index (Phi) is 5.39. The first-order chi connectivity index (χ1) is 16.5. The quantitative estimate of drug-likeness (QED) is 0.429. The molecule has 0 atom stereocenters. The van der Waals surface area contributed by atoms with Crippen molar-refractivity contribution in [2.45, 2.75) is 39.0 Å². The van der Waals surface area contributed by atoms with Crippen molar-refractivity contribution in [3.8, 4) is 0 Å². The number of anilines is 2. The smallest absolute Gasteiger partial charge is 0.150 e. The van der Waals surface area contributed by atoms with Crippen LogP contribution in [0.1, 0.15) is 30.5 Å². The molecule has 4 aromatic rings. The van der Waals surface area contributed by atoms with E-state index in [1.54, 1.807) is 17.7 Å². The van der Waals surface area contributed by atoms with Crippen LogP contribution in [0.5, 0.6) is 0 Å². The third-order valence-electron chi connectivity index (χ3n) is 6.72. The van der Waals surface area contributed by atoms with Crippen molar-refractivity contribution < 1.29 is 9.47 Å². The van der Waals surface area contributed by atoms with Crippen LogP contribution in [0.3, 0.4) is 0 Å². The number of pyridine rings is 1. The van der Waals surface area contributed by atoms with Crippen LogP contribution in [-0.4, -0.2) is 53.9 Å². The number of nitrogens with zero attached hydrogens (tertiary/aromatic N) is 5. The molecule has 0 saturated carbocycles. The first-order valence-electron chi connectivity index (χ1n) is 11.8. The van der Waals surface area contributed by atoms with Gasteiger partial charge in [0.05, 0.1) is 35.6 Å². The maximum atomic E-state index is 6.25. The molecule has 8 heteroatoms. The second-order valence-electron chi connectivity index (χ2n) is 9.72. The molecule has 0 N–H and O–H groups in total. The van der Waals surface area contributed by atoms with Crippen molar-refractivity contribution in [1.82, 2.24) is 15.0 Å². The van der Waals surface area contributed by atoms with Gasteiger partial charge >= 0.3 is 0 Å². The molecule has 0 unspecified atom stereocenters. The second-order valence-corrected chi connectivity index (χ2v) is 10.7. The van der Waals surface area contributed by atoms with Crippen LogP contribution in [0.4, 0.5) is 11.6 Å². The molecule has 0 bridgehead atoms. The number of thiophene rings is 1. The summed E-state index contributed by atoms with van der Waals surface area (Å²) in [6.45, 7) is 8.85. The van der Waals surface area contributed by atoms with Crippen LogP contribution in [0.2, 0.25) is 0 Å². The normalized spacial score (nSPS) is 17.8. The van der Waals surface area contributed by atoms with Gasteiger partial charge in [0.1, 0.15) is 22.8 Å². The molecule has 1 fully saturated rings. The monoisotopic (exact) mass is 475 g/mol. The van der Waals surface area contributed by atoms with Crippen LogP contribution < -0.4 is 9.80 Å². The van der Waals surface area contributed by atoms with Crippen molar-refractivity contribution in [2.75, 3.05) is 43.2 Å². The lowest BCUT2D eigenvalue weighted by molar-refractivity contribution is -0.0396. The van der Waals surface area contributed by atoms with Gasteiger partial charge in [-0.15, -0.1) is 11.3 Å². The molecule has 1 saturated heterocycles. The summed E-state index contributed by atoms with van der Waals surface area (Å²) >= 11 is 1.70. The molecule has 0 spiro atoms. The van der Waals surface area contributed by atoms with E-state index in [0.29, 0.717) is 6.61 Å². The molecular formula is C26H29N5O2S. The summed E-state index contributed by atoms with van der Waals surface area (Å²) < 4.78 is 12.9. The van der Waals surface area contributed by atoms with Crippen LogP contribution in [-0.2, 0) is 29.0 Å². The van der Waals surface area contributed by atoms with Gasteiger partial charge in [0.25, 0.3) is 0 Å². The van der Waals surface area contributed by atoms with Crippen LogP contribution in [0.25, 0.3) is 20.4 Å². The maximum Gasteiger partial charge on any atom is 0.150 e. The Morgan fingerprint density at radius 1 is 1.09 bits per heavy atom. The SMILES string of the molecule is CN(Cc1ccccc1)c1ncnc2c1sc1nc(N3CCOCC3)c3c(c12)CC(C)(C)OC3. The first kappa shape index (κ1) is 21.7. The van der Waals surface area contributed by atoms with Gasteiger partial charge in [-0.25, -0.2) is 15.0 Å². The van der Waals surface area contributed by atoms with E-state index in [0.717, 1.165) is 66.0 Å². The molecule has 6 rings (SSSR count). The molecule has 0 aliphatic carbocycles. The van der Waals surface area contributed by atoms with Gasteiger partial charge in [-0.3, -0.25) is 0 Å². The average molecular weight is 476 g/mol. The topological polar surface area (TPSA) is 63.6 Å². The zero-order chi connectivity index (χ0) is 23.3. The van der Waals surface area contributed by atoms with E-state index in [1.807, 2.05) is 6.07 Å². The first-order valence-corrected chi connectivity index (χ1v) is 12.6. The highest BCUT2D eigenvalue weighted by atomic mass is 32.1. The van der Waals surface area contributed by atoms with E-state index in [-0.39, 0.29) is 5.60 Å². The number of aromatic nitrogens is 3. The van der Waals surface area contributed by atoms with Gasteiger partial charge in [-0.1, -0.05) is 30.3 Å². The fourth-order valence-electron chi connectivity index (χ4n) is 5.02. The summed E-state index contributed by atoms with van der Waals surface area (Å²) in [6.07, 6.45) is 2.53. The zero-order valence-electron chi connectivity index (χ0n) is 19.9. The molecule has 176 valence electrons. The van der Waals surface area contributed by atoms with Crippen molar-refractivity contribution >= 4 is 43.4 Å². The lowest BCUT2D eigenvalue weighted by atomic mass is 9.90. The van der Waals surface area contributed by atoms with Gasteiger partial charge in [0.15, 0.2) is 0 Å². The van der Waals surface area contributed by atoms with Crippen molar-refractivity contribution in [3.63, 3.8) is 0 Å². The third-order valence-corrected chi connectivity index (χ3v) is 7.79. The molecular weight excluding hydrogens is 446 g/mol. The Balaban J connectivity index is 1.52. The molecule has 0 radical (unpaired) electrons. The summed E-state index contributed by atoms with van der Waals surface area (Å²) in [5.41, 5.74) is 4.55. The standard InChI is InChI=1S/C26H29N5O2S/c1-26(2)13-18-19(15-33-26)23(31-9-11-32-12-10-31)29-25-20(18)21-22(34-25)24(28-16-27-21)30(3)14-17-7-5-4-6-8-17/h4-8,16H,9-15H2,1-3H3. The fraction of sp³-hybridized carbons (Fsp3) is 0.423. The van der Waals surface area contributed by atoms with Crippen molar-refractivity contribution in [1.29, 1.82) is 0 Å². The summed E-state index contributed by atoms with van der Waals surface area (Å²) in [7, 11) is 2.10. The van der Waals surface area contributed by atoms with E-state index < -0.39 is 0 Å². The third kappa shape index (κ3) is 3.79. The van der Waals surface area contributed by atoms with E-state index >= 15 is 0 Å². The highest BCUT2D eigenvalue weighted by Gasteiger charge is 2.33. The molecule has 1 aromatic carbocycles. The number of benzene rings is 1. The molecule has 0 amide bonds. The number of rotatable bonds is 4. The fourth-order valence-corrected chi connectivity index (χ4v) is 6.22. The maximum absolute atomic E-state index is 6.25. The Morgan fingerprint density at radius 3 is 2.68 bits per heavy atom. The van der Waals surface area contributed by atoms with E-state index in [4.69, 9.17) is 24.4 Å². The lowest BCUT2D eigenvalue weighted by Crippen LogP contribution is -2.39. The van der Waals surface area contributed by atoms with Crippen LogP contribution in [0.15, 0.2) is 36.7 Å². The van der Waals surface area contributed by atoms with Gasteiger partial charge < -0.3 is 19.3 Å². The largest absolute Gasteiger partial charge is 0.378 e. The molecule has 34 heavy (non-hydrogen) atoms. The second kappa shape index (κ2) is 8.45. The Hall–Kier alpha value is -2.81. The zero-order valence-corrected chi connectivity index (χ0v) is 20.7. The summed E-state index contributed by atoms with van der Waals surface area (Å²) in [5.74, 6) is 1.99. The number of hydrogen-bond donors (Lipinski definition) is 0. The summed E-state index contributed by atoms with van der Waals surface area (Å²) in [5, 5.41) is 1.17. The van der Waals surface area contributed by atoms with Crippen molar-refractivity contribution in [2.24, 2.45) is 0 Å². The Labute approximate surface area is 203 Å². The van der Waals surface area contributed by atoms with Gasteiger partial charge in [0, 0.05) is 44.1 Å². The predicted octanol–water partition coefficient (Wildman–Crippen LogP) is 4.56. The highest BCUT2D eigenvalue weighted by Crippen LogP contribution is 2.44. The number of hydrogen-bond acceptors (Lipinski definition) is 8. The van der Waals surface area contributed by atoms with Gasteiger partial charge in [-0.05, 0) is 25.0 Å². The van der Waals surface area contributed by atoms with E-state index in [1.165, 1.54) is 22.1 Å². The number of ether oxygens (including phenoxy) is 2. The molecule has 2 aliphatic heterocycles. The van der Waals surface area contributed by atoms with Crippen molar-refractivity contribution in [3.05, 3.63) is 53.3 Å². The molecule has 7 nitrogen and oxygen atoms in total. The molecule has 5 heterocycles. The minimum Gasteiger partial charge on any atom is -0.378 e. The van der Waals surface area contributed by atoms with Gasteiger partial charge in [0.2, 0.25) is 0 Å². The Bertz CT molecular complexity index is 1350. The van der Waals surface area contributed by atoms with E-state index in [2.05, 4.69) is 55.0 Å². The summed E-state index contributed by atoms with van der Waals surface area (Å²) in [4.78, 5) is 20.3. The van der Waals surface area contributed by atoms with Crippen LogP contribution >= 0.6 is 11.3 Å². The lowest BCUT2D eigenvalue weighted by Gasteiger charge is -2.36. The number of fused-ring (bicyclic) bond motifs is 5. The average Bonchev–Trinajstić information content (AvgIpc) is 3.23. The van der Waals surface area contributed by atoms with Gasteiger partial charge in [-0.2, -0.15) is 0 Å². The predicted molar refractivity (Wildman–Crippen MR) is 137 cm³/mol. The summed E-state index contributed by atoms with van der Waals surface area (Å²) in [6, 6.07) is 10.5. The molecule has 3 aromatic heterocycles. The van der Waals surface area contributed by atoms with Crippen LogP contribution in [0, 0.1) is 0 Å². The minimum atomic E-state index is -0.224. The molecule has 2 aliphatic rings. The van der Waals surface area contributed by atoms with E-state index in [9.17, 15) is 0 Å².